The average molecular weight is 502 g/mol. The van der Waals surface area contributed by atoms with E-state index in [4.69, 9.17) is 14.2 Å². The molecule has 2 saturated heterocycles. The minimum atomic E-state index is -1.35. The summed E-state index contributed by atoms with van der Waals surface area (Å²) in [5, 5.41) is 13.0. The predicted octanol–water partition coefficient (Wildman–Crippen LogP) is 1.62. The summed E-state index contributed by atoms with van der Waals surface area (Å²) < 4.78 is 17.1. The van der Waals surface area contributed by atoms with Crippen LogP contribution in [-0.2, 0) is 33.4 Å². The second-order valence-electron chi connectivity index (χ2n) is 12.0. The van der Waals surface area contributed by atoms with Crippen LogP contribution in [0.4, 0.5) is 0 Å². The highest BCUT2D eigenvalue weighted by Gasteiger charge is 2.85. The van der Waals surface area contributed by atoms with Crippen molar-refractivity contribution in [1.82, 2.24) is 4.90 Å². The number of esters is 3. The van der Waals surface area contributed by atoms with Crippen molar-refractivity contribution >= 4 is 23.7 Å². The molecule has 2 aliphatic heterocycles. The normalized spacial score (nSPS) is 46.3. The van der Waals surface area contributed by atoms with Crippen LogP contribution in [0.3, 0.4) is 0 Å². The highest BCUT2D eigenvalue weighted by atomic mass is 16.6. The molecule has 6 aliphatic rings. The van der Waals surface area contributed by atoms with Gasteiger partial charge in [0.15, 0.2) is 5.78 Å². The highest BCUT2D eigenvalue weighted by molar-refractivity contribution is 6.01. The molecule has 0 aromatic heterocycles. The molecular formula is C27H35NO8. The van der Waals surface area contributed by atoms with Gasteiger partial charge in [0.25, 0.3) is 0 Å². The summed E-state index contributed by atoms with van der Waals surface area (Å²) in [4.78, 5) is 53.4. The van der Waals surface area contributed by atoms with E-state index in [0.717, 1.165) is 11.1 Å². The molecule has 9 nitrogen and oxygen atoms in total. The van der Waals surface area contributed by atoms with Crippen LogP contribution >= 0.6 is 0 Å². The van der Waals surface area contributed by atoms with Crippen molar-refractivity contribution in [3.05, 3.63) is 11.1 Å². The Balaban J connectivity index is 1.69. The quantitative estimate of drug-likeness (QED) is 0.453. The maximum atomic E-state index is 13.4. The summed E-state index contributed by atoms with van der Waals surface area (Å²) in [6.07, 6.45) is 1.53. The predicted molar refractivity (Wildman–Crippen MR) is 124 cm³/mol. The summed E-state index contributed by atoms with van der Waals surface area (Å²) in [5.74, 6) is -2.43. The van der Waals surface area contributed by atoms with Crippen LogP contribution in [0, 0.1) is 40.4 Å². The number of ether oxygens (including phenoxy) is 3. The lowest BCUT2D eigenvalue weighted by Gasteiger charge is -2.70. The van der Waals surface area contributed by atoms with E-state index in [-0.39, 0.29) is 48.9 Å². The molecule has 2 heterocycles. The Labute approximate surface area is 210 Å². The van der Waals surface area contributed by atoms with Gasteiger partial charge in [-0.1, -0.05) is 6.92 Å². The van der Waals surface area contributed by atoms with E-state index in [1.54, 1.807) is 0 Å². The number of hydrogen-bond donors (Lipinski definition) is 1. The van der Waals surface area contributed by atoms with Gasteiger partial charge in [-0.2, -0.15) is 0 Å². The molecule has 9 heteroatoms. The number of carbonyl (C=O) groups is 4. The first-order valence-electron chi connectivity index (χ1n) is 13.2. The Morgan fingerprint density at radius 3 is 2.58 bits per heavy atom. The van der Waals surface area contributed by atoms with Crippen LogP contribution < -0.4 is 0 Å². The van der Waals surface area contributed by atoms with Crippen molar-refractivity contribution in [2.75, 3.05) is 26.8 Å². The van der Waals surface area contributed by atoms with E-state index >= 15 is 0 Å². The number of rotatable bonds is 4. The number of ketones is 1. The summed E-state index contributed by atoms with van der Waals surface area (Å²) in [6.45, 7) is 6.05. The van der Waals surface area contributed by atoms with Crippen LogP contribution in [0.1, 0.15) is 52.9 Å². The Hall–Kier alpha value is -2.26. The topological polar surface area (TPSA) is 119 Å². The number of allylic oxidation sites excluding steroid dienone is 1. The SMILES string of the molecule is COC(=O)[C@@H]1C[C@@]23C4=C(CC[C@@H]5CN6C[C@@H](C)[C@@H](C[C@H](OC(C)=O)[C@@]52COC(C)=O)[C@]63O)C(=O)C[C@@H]41. The van der Waals surface area contributed by atoms with E-state index in [2.05, 4.69) is 11.8 Å². The van der Waals surface area contributed by atoms with Crippen LogP contribution in [0.2, 0.25) is 0 Å². The van der Waals surface area contributed by atoms with E-state index in [9.17, 15) is 24.3 Å². The maximum absolute atomic E-state index is 13.4. The van der Waals surface area contributed by atoms with Crippen molar-refractivity contribution in [2.24, 2.45) is 40.4 Å². The Kier molecular flexibility index (Phi) is 5.11. The van der Waals surface area contributed by atoms with Crippen molar-refractivity contribution in [1.29, 1.82) is 0 Å². The van der Waals surface area contributed by atoms with Gasteiger partial charge in [-0.05, 0) is 48.7 Å². The van der Waals surface area contributed by atoms with Gasteiger partial charge < -0.3 is 19.3 Å². The van der Waals surface area contributed by atoms with Gasteiger partial charge >= 0.3 is 17.9 Å². The number of Topliss-reactive ketones (excluding diaryl/α,β-unsaturated/α-hetero) is 1. The molecule has 196 valence electrons. The number of aliphatic hydroxyl groups is 1. The average Bonchev–Trinajstić information content (AvgIpc) is 3.38. The molecule has 0 amide bonds. The second kappa shape index (κ2) is 7.63. The molecule has 1 spiro atoms. The molecule has 0 radical (unpaired) electrons. The molecule has 9 atom stereocenters. The zero-order valence-electron chi connectivity index (χ0n) is 21.4. The van der Waals surface area contributed by atoms with E-state index < -0.39 is 46.5 Å². The largest absolute Gasteiger partial charge is 0.469 e. The second-order valence-corrected chi connectivity index (χ2v) is 12.0. The molecule has 1 N–H and O–H groups in total. The van der Waals surface area contributed by atoms with Gasteiger partial charge in [0.1, 0.15) is 18.4 Å². The minimum Gasteiger partial charge on any atom is -0.469 e. The van der Waals surface area contributed by atoms with Gasteiger partial charge in [0, 0.05) is 50.6 Å². The minimum absolute atomic E-state index is 0.0271. The van der Waals surface area contributed by atoms with Crippen LogP contribution in [0.25, 0.3) is 0 Å². The lowest BCUT2D eigenvalue weighted by molar-refractivity contribution is -0.334. The van der Waals surface area contributed by atoms with Gasteiger partial charge in [-0.15, -0.1) is 0 Å². The standard InChI is InChI=1S/C27H35NO8/c1-13-10-28-11-16-5-6-17-21(31)7-18-19(24(32)34-4)9-26(23(17)18)25(16,12-35-14(2)29)22(36-15(3)30)8-20(13)27(26,28)33/h13,16,18-20,22,33H,5-12H2,1-4H3/t13-,16-,18-,19-,20-,22+,25-,26-,27-/m1/s1. The monoisotopic (exact) mass is 501 g/mol. The third kappa shape index (κ3) is 2.58. The molecule has 4 fully saturated rings. The third-order valence-electron chi connectivity index (χ3n) is 10.8. The molecule has 4 aliphatic carbocycles. The zero-order chi connectivity index (χ0) is 25.8. The van der Waals surface area contributed by atoms with Crippen LogP contribution in [0.15, 0.2) is 11.1 Å². The number of methoxy groups -OCH3 is 1. The van der Waals surface area contributed by atoms with Gasteiger partial charge in [-0.25, -0.2) is 0 Å². The molecule has 0 unspecified atom stereocenters. The summed E-state index contributed by atoms with van der Waals surface area (Å²) >= 11 is 0. The van der Waals surface area contributed by atoms with Gasteiger partial charge in [-0.3, -0.25) is 24.1 Å². The maximum Gasteiger partial charge on any atom is 0.309 e. The summed E-state index contributed by atoms with van der Waals surface area (Å²) in [6, 6.07) is 0. The first kappa shape index (κ1) is 24.1. The Bertz CT molecular complexity index is 1100. The number of carbonyl (C=O) groups excluding carboxylic acids is 4. The van der Waals surface area contributed by atoms with Gasteiger partial charge in [0.2, 0.25) is 0 Å². The highest BCUT2D eigenvalue weighted by Crippen LogP contribution is 2.79. The first-order chi connectivity index (χ1) is 17.0. The molecule has 2 saturated carbocycles. The molecular weight excluding hydrogens is 466 g/mol. The number of nitrogens with zero attached hydrogens (tertiary/aromatic N) is 1. The van der Waals surface area contributed by atoms with Crippen LogP contribution in [0.5, 0.6) is 0 Å². The summed E-state index contributed by atoms with van der Waals surface area (Å²) in [7, 11) is 1.35. The number of hydrogen-bond acceptors (Lipinski definition) is 9. The lowest BCUT2D eigenvalue weighted by Crippen LogP contribution is -2.79. The molecule has 36 heavy (non-hydrogen) atoms. The van der Waals surface area contributed by atoms with E-state index in [0.29, 0.717) is 32.4 Å². The van der Waals surface area contributed by atoms with Crippen LogP contribution in [-0.4, -0.2) is 72.3 Å². The fourth-order valence-corrected chi connectivity index (χ4v) is 9.88. The molecule has 0 aromatic carbocycles. The lowest BCUT2D eigenvalue weighted by atomic mass is 9.41. The zero-order valence-corrected chi connectivity index (χ0v) is 21.4. The van der Waals surface area contributed by atoms with E-state index in [1.807, 2.05) is 0 Å². The first-order valence-corrected chi connectivity index (χ1v) is 13.2. The van der Waals surface area contributed by atoms with Gasteiger partial charge in [0.05, 0.1) is 18.4 Å². The van der Waals surface area contributed by atoms with E-state index in [1.165, 1.54) is 21.0 Å². The fraction of sp³-hybridized carbons (Fsp3) is 0.778. The number of piperidine rings is 1. The molecule has 6 rings (SSSR count). The van der Waals surface area contributed by atoms with Crippen molar-refractivity contribution in [2.45, 2.75) is 64.7 Å². The van der Waals surface area contributed by atoms with Crippen molar-refractivity contribution in [3.63, 3.8) is 0 Å². The van der Waals surface area contributed by atoms with Crippen molar-refractivity contribution < 1.29 is 38.5 Å². The third-order valence-corrected chi connectivity index (χ3v) is 10.8. The molecule has 0 aromatic rings. The van der Waals surface area contributed by atoms with Crippen molar-refractivity contribution in [3.8, 4) is 0 Å². The molecule has 4 bridgehead atoms. The Morgan fingerprint density at radius 1 is 1.17 bits per heavy atom. The fourth-order valence-electron chi connectivity index (χ4n) is 9.88. The Morgan fingerprint density at radius 2 is 1.92 bits per heavy atom. The smallest absolute Gasteiger partial charge is 0.309 e. The summed E-state index contributed by atoms with van der Waals surface area (Å²) in [5.41, 5.74) is -1.82.